The van der Waals surface area contributed by atoms with Gasteiger partial charge in [-0.05, 0) is 25.7 Å². The normalized spacial score (nSPS) is 51.0. The Kier molecular flexibility index (Phi) is 2.74. The van der Waals surface area contributed by atoms with E-state index in [2.05, 4.69) is 6.92 Å². The molecule has 0 aromatic carbocycles. The highest BCUT2D eigenvalue weighted by Gasteiger charge is 2.68. The van der Waals surface area contributed by atoms with Crippen LogP contribution in [0.2, 0.25) is 0 Å². The summed E-state index contributed by atoms with van der Waals surface area (Å²) in [7, 11) is 0. The first kappa shape index (κ1) is 11.9. The van der Waals surface area contributed by atoms with Gasteiger partial charge in [-0.15, -0.1) is 0 Å². The second-order valence-electron chi connectivity index (χ2n) is 5.81. The number of hydrogen-bond donors (Lipinski definition) is 2. The van der Waals surface area contributed by atoms with Gasteiger partial charge in [-0.3, -0.25) is 0 Å². The average molecular weight is 242 g/mol. The second kappa shape index (κ2) is 3.92. The van der Waals surface area contributed by atoms with Crippen molar-refractivity contribution in [2.45, 2.75) is 57.5 Å². The molecule has 17 heavy (non-hydrogen) atoms. The van der Waals surface area contributed by atoms with Crippen LogP contribution in [-0.2, 0) is 9.47 Å². The molecule has 4 heteroatoms. The lowest BCUT2D eigenvalue weighted by atomic mass is 9.65. The van der Waals surface area contributed by atoms with E-state index in [4.69, 9.17) is 9.47 Å². The number of aliphatic hydroxyl groups excluding tert-OH is 2. The molecule has 3 fully saturated rings. The third-order valence-corrected chi connectivity index (χ3v) is 5.45. The van der Waals surface area contributed by atoms with E-state index in [1.807, 2.05) is 0 Å². The van der Waals surface area contributed by atoms with Crippen LogP contribution in [0.1, 0.15) is 39.0 Å². The third kappa shape index (κ3) is 1.33. The monoisotopic (exact) mass is 242 g/mol. The molecule has 4 nitrogen and oxygen atoms in total. The molecular weight excluding hydrogens is 220 g/mol. The maximum Gasteiger partial charge on any atom is 0.164 e. The van der Waals surface area contributed by atoms with Crippen molar-refractivity contribution in [3.63, 3.8) is 0 Å². The van der Waals surface area contributed by atoms with Crippen LogP contribution in [0.25, 0.3) is 0 Å². The lowest BCUT2D eigenvalue weighted by Gasteiger charge is -2.44. The van der Waals surface area contributed by atoms with E-state index in [0.717, 1.165) is 25.7 Å². The molecule has 3 aliphatic rings. The molecular formula is C13H22O4. The van der Waals surface area contributed by atoms with Gasteiger partial charge >= 0.3 is 0 Å². The van der Waals surface area contributed by atoms with Gasteiger partial charge in [0.25, 0.3) is 0 Å². The van der Waals surface area contributed by atoms with Crippen molar-refractivity contribution in [1.29, 1.82) is 0 Å². The first-order valence-electron chi connectivity index (χ1n) is 6.76. The van der Waals surface area contributed by atoms with Crippen LogP contribution in [0.5, 0.6) is 0 Å². The topological polar surface area (TPSA) is 58.9 Å². The first-order chi connectivity index (χ1) is 8.16. The number of fused-ring (bicyclic) bond motifs is 1. The zero-order valence-corrected chi connectivity index (χ0v) is 10.4. The summed E-state index contributed by atoms with van der Waals surface area (Å²) < 4.78 is 11.4. The van der Waals surface area contributed by atoms with Gasteiger partial charge in [0.05, 0.1) is 25.4 Å². The van der Waals surface area contributed by atoms with Crippen molar-refractivity contribution in [3.8, 4) is 0 Å². The molecule has 2 saturated carbocycles. The summed E-state index contributed by atoms with van der Waals surface area (Å²) in [5, 5.41) is 20.4. The van der Waals surface area contributed by atoms with Crippen molar-refractivity contribution in [1.82, 2.24) is 0 Å². The summed E-state index contributed by atoms with van der Waals surface area (Å²) in [6.07, 6.45) is 3.11. The molecule has 0 aromatic rings. The summed E-state index contributed by atoms with van der Waals surface area (Å²) in [5.41, 5.74) is -0.376. The number of hydrogen-bond acceptors (Lipinski definition) is 4. The fraction of sp³-hybridized carbons (Fsp3) is 1.00. The maximum atomic E-state index is 10.4. The Hall–Kier alpha value is -0.160. The van der Waals surface area contributed by atoms with E-state index in [1.54, 1.807) is 0 Å². The van der Waals surface area contributed by atoms with E-state index in [-0.39, 0.29) is 17.1 Å². The van der Waals surface area contributed by atoms with Gasteiger partial charge in [-0.2, -0.15) is 0 Å². The molecule has 1 aliphatic heterocycles. The number of aliphatic hydroxyl groups is 2. The van der Waals surface area contributed by atoms with Gasteiger partial charge in [-0.25, -0.2) is 0 Å². The van der Waals surface area contributed by atoms with Crippen LogP contribution in [0.4, 0.5) is 0 Å². The zero-order chi connectivity index (χ0) is 12.1. The predicted octanol–water partition coefficient (Wildman–Crippen LogP) is 1.05. The Balaban J connectivity index is 2.00. The Morgan fingerprint density at radius 3 is 2.53 bits per heavy atom. The van der Waals surface area contributed by atoms with Crippen molar-refractivity contribution < 1.29 is 19.7 Å². The van der Waals surface area contributed by atoms with Gasteiger partial charge in [0.1, 0.15) is 0 Å². The predicted molar refractivity (Wildman–Crippen MR) is 61.3 cm³/mol. The van der Waals surface area contributed by atoms with E-state index in [1.165, 1.54) is 0 Å². The fourth-order valence-corrected chi connectivity index (χ4v) is 4.68. The minimum absolute atomic E-state index is 0.170. The van der Waals surface area contributed by atoms with Gasteiger partial charge < -0.3 is 19.7 Å². The molecule has 0 spiro atoms. The lowest BCUT2D eigenvalue weighted by molar-refractivity contribution is -0.177. The van der Waals surface area contributed by atoms with Crippen LogP contribution < -0.4 is 0 Å². The van der Waals surface area contributed by atoms with E-state index < -0.39 is 12.2 Å². The fourth-order valence-electron chi connectivity index (χ4n) is 4.68. The van der Waals surface area contributed by atoms with Crippen molar-refractivity contribution in [2.75, 3.05) is 13.2 Å². The standard InChI is InChI=1S/C13H22O4/c1-2-12-4-3-5-13(12,8-9(14)10(12)15)11-16-6-7-17-11/h9-11,14-15H,2-8H2,1H3/t9-,10-,12-,13+/m0/s1. The van der Waals surface area contributed by atoms with Crippen molar-refractivity contribution in [2.24, 2.45) is 10.8 Å². The summed E-state index contributed by atoms with van der Waals surface area (Å²) >= 11 is 0. The molecule has 1 heterocycles. The van der Waals surface area contributed by atoms with Crippen LogP contribution >= 0.6 is 0 Å². The van der Waals surface area contributed by atoms with Crippen molar-refractivity contribution in [3.05, 3.63) is 0 Å². The summed E-state index contributed by atoms with van der Waals surface area (Å²) in [4.78, 5) is 0. The highest BCUT2D eigenvalue weighted by Crippen LogP contribution is 2.67. The lowest BCUT2D eigenvalue weighted by Crippen LogP contribution is -2.47. The molecule has 2 N–H and O–H groups in total. The summed E-state index contributed by atoms with van der Waals surface area (Å²) in [6, 6.07) is 0. The largest absolute Gasteiger partial charge is 0.390 e. The highest BCUT2D eigenvalue weighted by molar-refractivity contribution is 5.15. The quantitative estimate of drug-likeness (QED) is 0.760. The first-order valence-corrected chi connectivity index (χ1v) is 6.76. The molecule has 0 bridgehead atoms. The molecule has 1 saturated heterocycles. The van der Waals surface area contributed by atoms with Gasteiger partial charge in [0.15, 0.2) is 6.29 Å². The summed E-state index contributed by atoms with van der Waals surface area (Å²) in [6.45, 7) is 3.38. The number of rotatable bonds is 2. The SMILES string of the molecule is CC[C@@]12CCC[C@]1(C1OCCO1)C[C@H](O)[C@@H]2O. The smallest absolute Gasteiger partial charge is 0.164 e. The average Bonchev–Trinajstić information content (AvgIpc) is 2.98. The molecule has 0 amide bonds. The van der Waals surface area contributed by atoms with E-state index in [9.17, 15) is 10.2 Å². The highest BCUT2D eigenvalue weighted by atomic mass is 16.7. The molecule has 4 atom stereocenters. The number of ether oxygens (including phenoxy) is 2. The molecule has 2 aliphatic carbocycles. The minimum Gasteiger partial charge on any atom is -0.390 e. The molecule has 98 valence electrons. The molecule has 3 rings (SSSR count). The van der Waals surface area contributed by atoms with Gasteiger partial charge in [0, 0.05) is 10.8 Å². The van der Waals surface area contributed by atoms with Gasteiger partial charge in [-0.1, -0.05) is 13.3 Å². The minimum atomic E-state index is -0.622. The summed E-state index contributed by atoms with van der Waals surface area (Å²) in [5.74, 6) is 0. The third-order valence-electron chi connectivity index (χ3n) is 5.45. The van der Waals surface area contributed by atoms with Crippen molar-refractivity contribution >= 4 is 0 Å². The Labute approximate surface area is 102 Å². The Morgan fingerprint density at radius 2 is 1.88 bits per heavy atom. The molecule has 0 radical (unpaired) electrons. The van der Waals surface area contributed by atoms with Crippen LogP contribution in [0, 0.1) is 10.8 Å². The Morgan fingerprint density at radius 1 is 1.18 bits per heavy atom. The van der Waals surface area contributed by atoms with Crippen LogP contribution in [0.3, 0.4) is 0 Å². The van der Waals surface area contributed by atoms with E-state index in [0.29, 0.717) is 19.6 Å². The molecule has 0 unspecified atom stereocenters. The maximum absolute atomic E-state index is 10.4. The Bertz CT molecular complexity index is 302. The zero-order valence-electron chi connectivity index (χ0n) is 10.4. The van der Waals surface area contributed by atoms with Crippen LogP contribution in [-0.4, -0.2) is 41.9 Å². The van der Waals surface area contributed by atoms with Crippen LogP contribution in [0.15, 0.2) is 0 Å². The van der Waals surface area contributed by atoms with Gasteiger partial charge in [0.2, 0.25) is 0 Å². The second-order valence-corrected chi connectivity index (χ2v) is 5.81. The molecule has 0 aromatic heterocycles. The van der Waals surface area contributed by atoms with E-state index >= 15 is 0 Å².